The Bertz CT molecular complexity index is 521. The van der Waals surface area contributed by atoms with Gasteiger partial charge in [-0.25, -0.2) is 0 Å². The van der Waals surface area contributed by atoms with Crippen LogP contribution < -0.4 is 11.1 Å². The number of carbonyl (C=O) groups excluding carboxylic acids is 2. The summed E-state index contributed by atoms with van der Waals surface area (Å²) in [5.41, 5.74) is 6.51. The van der Waals surface area contributed by atoms with Crippen LogP contribution in [0.3, 0.4) is 0 Å². The van der Waals surface area contributed by atoms with E-state index in [9.17, 15) is 9.59 Å². The molecule has 1 saturated heterocycles. The molecule has 1 unspecified atom stereocenters. The molecule has 0 bridgehead atoms. The van der Waals surface area contributed by atoms with Gasteiger partial charge in [0.05, 0.1) is 13.1 Å². The minimum atomic E-state index is -0.299. The smallest absolute Gasteiger partial charge is 0.242 e. The van der Waals surface area contributed by atoms with Crippen molar-refractivity contribution in [3.63, 3.8) is 0 Å². The molecule has 0 aromatic heterocycles. The lowest BCUT2D eigenvalue weighted by atomic mass is 10.1. The quantitative estimate of drug-likeness (QED) is 0.812. The van der Waals surface area contributed by atoms with Crippen LogP contribution in [-0.2, 0) is 16.1 Å². The molecule has 1 aromatic rings. The van der Waals surface area contributed by atoms with Gasteiger partial charge in [-0.2, -0.15) is 0 Å². The van der Waals surface area contributed by atoms with E-state index in [4.69, 9.17) is 5.73 Å². The van der Waals surface area contributed by atoms with Crippen LogP contribution in [0.5, 0.6) is 0 Å². The number of nitrogens with two attached hydrogens (primary N) is 1. The van der Waals surface area contributed by atoms with Gasteiger partial charge >= 0.3 is 0 Å². The highest BCUT2D eigenvalue weighted by Gasteiger charge is 2.23. The van der Waals surface area contributed by atoms with E-state index < -0.39 is 0 Å². The number of rotatable bonds is 5. The number of hydrogen-bond acceptors (Lipinski definition) is 4. The van der Waals surface area contributed by atoms with Crippen LogP contribution in [0, 0.1) is 0 Å². The first-order valence-electron chi connectivity index (χ1n) is 8.12. The van der Waals surface area contributed by atoms with Crippen molar-refractivity contribution in [2.75, 3.05) is 32.7 Å². The topological polar surface area (TPSA) is 78.7 Å². The highest BCUT2D eigenvalue weighted by atomic mass is 16.2. The molecular weight excluding hydrogens is 292 g/mol. The zero-order valence-corrected chi connectivity index (χ0v) is 13.7. The van der Waals surface area contributed by atoms with E-state index >= 15 is 0 Å². The van der Waals surface area contributed by atoms with Crippen LogP contribution in [0.25, 0.3) is 0 Å². The molecule has 1 aliphatic rings. The van der Waals surface area contributed by atoms with Crippen molar-refractivity contribution in [2.24, 2.45) is 5.73 Å². The van der Waals surface area contributed by atoms with E-state index in [2.05, 4.69) is 29.3 Å². The fraction of sp³-hybridized carbons (Fsp3) is 0.529. The molecule has 1 atom stereocenters. The predicted octanol–water partition coefficient (Wildman–Crippen LogP) is 0.184. The standard InChI is InChI=1S/C17H26N4O2/c1-14-7-8-20(17(23)12-19-16(22)11-18)9-10-21(14)13-15-5-3-2-4-6-15/h2-6,14H,7-13,18H2,1H3,(H,19,22). The first-order chi connectivity index (χ1) is 11.1. The van der Waals surface area contributed by atoms with Gasteiger partial charge in [-0.05, 0) is 18.9 Å². The maximum absolute atomic E-state index is 12.2. The molecule has 2 amide bonds. The van der Waals surface area contributed by atoms with Gasteiger partial charge in [-0.1, -0.05) is 30.3 Å². The number of hydrogen-bond donors (Lipinski definition) is 2. The fourth-order valence-corrected chi connectivity index (χ4v) is 2.77. The Labute approximate surface area is 137 Å². The van der Waals surface area contributed by atoms with E-state index in [0.717, 1.165) is 26.1 Å². The van der Waals surface area contributed by atoms with E-state index in [-0.39, 0.29) is 24.9 Å². The number of benzene rings is 1. The lowest BCUT2D eigenvalue weighted by Crippen LogP contribution is -2.43. The number of carbonyl (C=O) groups is 2. The molecule has 1 aliphatic heterocycles. The number of nitrogens with zero attached hydrogens (tertiary/aromatic N) is 2. The molecule has 0 radical (unpaired) electrons. The Morgan fingerprint density at radius 2 is 1.96 bits per heavy atom. The molecule has 0 saturated carbocycles. The lowest BCUT2D eigenvalue weighted by molar-refractivity contribution is -0.132. The minimum Gasteiger partial charge on any atom is -0.346 e. The third-order valence-corrected chi connectivity index (χ3v) is 4.30. The van der Waals surface area contributed by atoms with E-state index in [1.54, 1.807) is 0 Å². The number of amides is 2. The Balaban J connectivity index is 1.87. The molecular formula is C17H26N4O2. The summed E-state index contributed by atoms with van der Waals surface area (Å²) in [7, 11) is 0. The molecule has 6 nitrogen and oxygen atoms in total. The van der Waals surface area contributed by atoms with Gasteiger partial charge in [0.25, 0.3) is 0 Å². The molecule has 0 aliphatic carbocycles. The first-order valence-corrected chi connectivity index (χ1v) is 8.12. The fourth-order valence-electron chi connectivity index (χ4n) is 2.77. The third-order valence-electron chi connectivity index (χ3n) is 4.30. The first kappa shape index (κ1) is 17.4. The van der Waals surface area contributed by atoms with Gasteiger partial charge in [0, 0.05) is 32.2 Å². The van der Waals surface area contributed by atoms with Crippen molar-refractivity contribution in [3.05, 3.63) is 35.9 Å². The largest absolute Gasteiger partial charge is 0.346 e. The average Bonchev–Trinajstić information content (AvgIpc) is 2.76. The van der Waals surface area contributed by atoms with Crippen molar-refractivity contribution in [3.8, 4) is 0 Å². The molecule has 1 fully saturated rings. The molecule has 126 valence electrons. The van der Waals surface area contributed by atoms with Crippen molar-refractivity contribution < 1.29 is 9.59 Å². The van der Waals surface area contributed by atoms with Crippen LogP contribution in [-0.4, -0.2) is 60.4 Å². The summed E-state index contributed by atoms with van der Waals surface area (Å²) in [6.07, 6.45) is 0.934. The van der Waals surface area contributed by atoms with Crippen molar-refractivity contribution in [2.45, 2.75) is 25.9 Å². The lowest BCUT2D eigenvalue weighted by Gasteiger charge is -2.26. The van der Waals surface area contributed by atoms with Crippen LogP contribution >= 0.6 is 0 Å². The SMILES string of the molecule is CC1CCN(C(=O)CNC(=O)CN)CCN1Cc1ccccc1. The Morgan fingerprint density at radius 1 is 1.22 bits per heavy atom. The molecule has 0 spiro atoms. The Hall–Kier alpha value is -1.92. The summed E-state index contributed by atoms with van der Waals surface area (Å²) in [5, 5.41) is 2.54. The monoisotopic (exact) mass is 318 g/mol. The van der Waals surface area contributed by atoms with Crippen LogP contribution in [0.1, 0.15) is 18.9 Å². The van der Waals surface area contributed by atoms with Gasteiger partial charge in [0.15, 0.2) is 0 Å². The summed E-state index contributed by atoms with van der Waals surface area (Å²) in [4.78, 5) is 27.6. The summed E-state index contributed by atoms with van der Waals surface area (Å²) >= 11 is 0. The van der Waals surface area contributed by atoms with E-state index in [0.29, 0.717) is 12.6 Å². The van der Waals surface area contributed by atoms with Crippen LogP contribution in [0.2, 0.25) is 0 Å². The third kappa shape index (κ3) is 5.33. The molecule has 1 aromatic carbocycles. The molecule has 2 rings (SSSR count). The predicted molar refractivity (Wildman–Crippen MR) is 89.6 cm³/mol. The summed E-state index contributed by atoms with van der Waals surface area (Å²) in [5.74, 6) is -0.340. The second-order valence-corrected chi connectivity index (χ2v) is 5.96. The van der Waals surface area contributed by atoms with E-state index in [1.165, 1.54) is 5.56 Å². The Morgan fingerprint density at radius 3 is 2.65 bits per heavy atom. The highest BCUT2D eigenvalue weighted by Crippen LogP contribution is 2.14. The second kappa shape index (κ2) is 8.64. The van der Waals surface area contributed by atoms with Crippen LogP contribution in [0.15, 0.2) is 30.3 Å². The maximum Gasteiger partial charge on any atom is 0.242 e. The van der Waals surface area contributed by atoms with Crippen molar-refractivity contribution >= 4 is 11.8 Å². The van der Waals surface area contributed by atoms with Gasteiger partial charge in [-0.3, -0.25) is 14.5 Å². The van der Waals surface area contributed by atoms with Gasteiger partial charge in [0.1, 0.15) is 0 Å². The molecule has 3 N–H and O–H groups in total. The zero-order chi connectivity index (χ0) is 16.7. The van der Waals surface area contributed by atoms with Crippen molar-refractivity contribution in [1.29, 1.82) is 0 Å². The molecule has 6 heteroatoms. The average molecular weight is 318 g/mol. The van der Waals surface area contributed by atoms with Gasteiger partial charge in [0.2, 0.25) is 11.8 Å². The zero-order valence-electron chi connectivity index (χ0n) is 13.7. The summed E-state index contributed by atoms with van der Waals surface area (Å²) in [6, 6.07) is 10.8. The molecule has 1 heterocycles. The normalized spacial score (nSPS) is 19.2. The maximum atomic E-state index is 12.2. The van der Waals surface area contributed by atoms with E-state index in [1.807, 2.05) is 23.1 Å². The van der Waals surface area contributed by atoms with Gasteiger partial charge < -0.3 is 16.0 Å². The summed E-state index contributed by atoms with van der Waals surface area (Å²) in [6.45, 7) is 5.30. The van der Waals surface area contributed by atoms with Crippen LogP contribution in [0.4, 0.5) is 0 Å². The molecule has 23 heavy (non-hydrogen) atoms. The minimum absolute atomic E-state index is 0.0309. The van der Waals surface area contributed by atoms with Crippen molar-refractivity contribution in [1.82, 2.24) is 15.1 Å². The second-order valence-electron chi connectivity index (χ2n) is 5.96. The number of nitrogens with one attached hydrogen (secondary N) is 1. The van der Waals surface area contributed by atoms with Gasteiger partial charge in [-0.15, -0.1) is 0 Å². The Kier molecular flexibility index (Phi) is 6.55. The highest BCUT2D eigenvalue weighted by molar-refractivity contribution is 5.85. The summed E-state index contributed by atoms with van der Waals surface area (Å²) < 4.78 is 0.